The van der Waals surface area contributed by atoms with Crippen molar-refractivity contribution in [2.75, 3.05) is 38.5 Å². The highest BCUT2D eigenvalue weighted by atomic mass is 32.2. The maximum absolute atomic E-state index is 13.1. The van der Waals surface area contributed by atoms with Crippen LogP contribution in [0, 0.1) is 0 Å². The van der Waals surface area contributed by atoms with Crippen molar-refractivity contribution in [3.63, 3.8) is 0 Å². The zero-order valence-corrected chi connectivity index (χ0v) is 17.6. The van der Waals surface area contributed by atoms with Crippen molar-refractivity contribution in [2.24, 2.45) is 7.05 Å². The summed E-state index contributed by atoms with van der Waals surface area (Å²) in [7, 11) is 1.98. The van der Waals surface area contributed by atoms with E-state index < -0.39 is 0 Å². The minimum absolute atomic E-state index is 0.0988. The van der Waals surface area contributed by atoms with Crippen LogP contribution < -0.4 is 0 Å². The number of likely N-dealkylation sites (tertiary alicyclic amines) is 2. The van der Waals surface area contributed by atoms with E-state index in [0.717, 1.165) is 67.7 Å². The number of fused-ring (bicyclic) bond motifs is 1. The first-order chi connectivity index (χ1) is 14.0. The summed E-state index contributed by atoms with van der Waals surface area (Å²) in [5, 5.41) is 1.02. The molecule has 3 aliphatic rings. The number of carbonyl (C=O) groups is 2. The lowest BCUT2D eigenvalue weighted by Crippen LogP contribution is -2.60. The Labute approximate surface area is 175 Å². The molecule has 2 amide bonds. The number of amides is 2. The van der Waals surface area contributed by atoms with Crippen LogP contribution in [0.15, 0.2) is 30.5 Å². The Hall–Kier alpha value is -1.99. The molecule has 0 aliphatic carbocycles. The Morgan fingerprint density at radius 3 is 2.72 bits per heavy atom. The molecule has 0 unspecified atom stereocenters. The predicted molar refractivity (Wildman–Crippen MR) is 114 cm³/mol. The molecular weight excluding hydrogens is 386 g/mol. The summed E-state index contributed by atoms with van der Waals surface area (Å²) >= 11 is 1.90. The van der Waals surface area contributed by atoms with Gasteiger partial charge in [0, 0.05) is 56.1 Å². The van der Waals surface area contributed by atoms with Gasteiger partial charge in [-0.05, 0) is 25.3 Å². The molecule has 0 radical (unpaired) electrons. The summed E-state index contributed by atoms with van der Waals surface area (Å²) < 4.78 is 8.05. The standard InChI is InChI=1S/C22H27N3O3S/c1-23-11-18(17-6-2-3-7-19(17)23)21(27)25-14-22(15-25)10-16(13-29-22)28-12-20(26)24-8-4-5-9-24/h2-3,6-7,11,16H,4-5,8-10,12-15H2,1H3/t16-/m0/s1. The molecule has 1 atom stereocenters. The van der Waals surface area contributed by atoms with Gasteiger partial charge in [0.2, 0.25) is 5.91 Å². The summed E-state index contributed by atoms with van der Waals surface area (Å²) in [6.07, 6.45) is 5.19. The third-order valence-corrected chi connectivity index (χ3v) is 8.02. The maximum Gasteiger partial charge on any atom is 0.256 e. The Kier molecular flexibility index (Phi) is 4.82. The van der Waals surface area contributed by atoms with Crippen LogP contribution in [0.3, 0.4) is 0 Å². The summed E-state index contributed by atoms with van der Waals surface area (Å²) in [6, 6.07) is 8.04. The number of thioether (sulfide) groups is 1. The van der Waals surface area contributed by atoms with Crippen molar-refractivity contribution < 1.29 is 14.3 Å². The van der Waals surface area contributed by atoms with Gasteiger partial charge in [0.05, 0.1) is 16.4 Å². The average molecular weight is 414 g/mol. The fourth-order valence-corrected chi connectivity index (χ4v) is 6.40. The molecule has 0 saturated carbocycles. The van der Waals surface area contributed by atoms with Gasteiger partial charge in [-0.1, -0.05) is 18.2 Å². The Morgan fingerprint density at radius 1 is 1.17 bits per heavy atom. The minimum atomic E-state index is 0.0988. The zero-order valence-electron chi connectivity index (χ0n) is 16.8. The fraction of sp³-hybridized carbons (Fsp3) is 0.545. The molecule has 29 heavy (non-hydrogen) atoms. The van der Waals surface area contributed by atoms with E-state index in [-0.39, 0.29) is 29.3 Å². The van der Waals surface area contributed by atoms with E-state index in [2.05, 4.69) is 0 Å². The van der Waals surface area contributed by atoms with Crippen molar-refractivity contribution in [1.82, 2.24) is 14.4 Å². The third-order valence-electron chi connectivity index (χ3n) is 6.45. The van der Waals surface area contributed by atoms with Gasteiger partial charge in [-0.15, -0.1) is 11.8 Å². The molecule has 6 nitrogen and oxygen atoms in total. The summed E-state index contributed by atoms with van der Waals surface area (Å²) in [5.41, 5.74) is 1.86. The van der Waals surface area contributed by atoms with E-state index in [1.54, 1.807) is 0 Å². The second-order valence-electron chi connectivity index (χ2n) is 8.55. The van der Waals surface area contributed by atoms with Crippen molar-refractivity contribution in [2.45, 2.75) is 30.1 Å². The van der Waals surface area contributed by atoms with Gasteiger partial charge < -0.3 is 19.1 Å². The van der Waals surface area contributed by atoms with Crippen molar-refractivity contribution in [1.29, 1.82) is 0 Å². The molecule has 0 N–H and O–H groups in total. The monoisotopic (exact) mass is 413 g/mol. The third kappa shape index (κ3) is 3.44. The van der Waals surface area contributed by atoms with E-state index in [1.165, 1.54) is 0 Å². The van der Waals surface area contributed by atoms with Crippen LogP contribution in [-0.2, 0) is 16.6 Å². The second-order valence-corrected chi connectivity index (χ2v) is 10.0. The number of ether oxygens (including phenoxy) is 1. The van der Waals surface area contributed by atoms with Crippen molar-refractivity contribution >= 4 is 34.5 Å². The maximum atomic E-state index is 13.1. The van der Waals surface area contributed by atoms with Gasteiger partial charge in [0.15, 0.2) is 0 Å². The summed E-state index contributed by atoms with van der Waals surface area (Å²) in [5.74, 6) is 1.14. The van der Waals surface area contributed by atoms with Crippen molar-refractivity contribution in [3.05, 3.63) is 36.0 Å². The lowest BCUT2D eigenvalue weighted by molar-refractivity contribution is -0.136. The van der Waals surface area contributed by atoms with Gasteiger partial charge in [-0.2, -0.15) is 0 Å². The molecule has 7 heteroatoms. The first-order valence-electron chi connectivity index (χ1n) is 10.4. The second kappa shape index (κ2) is 7.36. The van der Waals surface area contributed by atoms with Crippen LogP contribution in [-0.4, -0.2) is 75.6 Å². The molecule has 154 valence electrons. The van der Waals surface area contributed by atoms with E-state index in [4.69, 9.17) is 4.74 Å². The first-order valence-corrected chi connectivity index (χ1v) is 11.4. The predicted octanol–water partition coefficient (Wildman–Crippen LogP) is 2.52. The number of hydrogen-bond donors (Lipinski definition) is 0. The number of aryl methyl sites for hydroxylation is 1. The molecule has 5 rings (SSSR count). The highest BCUT2D eigenvalue weighted by molar-refractivity contribution is 8.01. The number of aromatic nitrogens is 1. The highest BCUT2D eigenvalue weighted by Crippen LogP contribution is 2.46. The quantitative estimate of drug-likeness (QED) is 0.773. The molecular formula is C22H27N3O3S. The number of benzene rings is 1. The molecule has 4 heterocycles. The van der Waals surface area contributed by atoms with E-state index in [9.17, 15) is 9.59 Å². The normalized spacial score (nSPS) is 23.1. The van der Waals surface area contributed by atoms with Crippen LogP contribution in [0.25, 0.3) is 10.9 Å². The van der Waals surface area contributed by atoms with Gasteiger partial charge in [0.25, 0.3) is 5.91 Å². The largest absolute Gasteiger partial charge is 0.367 e. The van der Waals surface area contributed by atoms with Gasteiger partial charge in [-0.25, -0.2) is 0 Å². The van der Waals surface area contributed by atoms with E-state index in [0.29, 0.717) is 0 Å². The fourth-order valence-electron chi connectivity index (χ4n) is 4.85. The van der Waals surface area contributed by atoms with Crippen LogP contribution in [0.4, 0.5) is 0 Å². The van der Waals surface area contributed by atoms with Crippen LogP contribution in [0.5, 0.6) is 0 Å². The van der Waals surface area contributed by atoms with Gasteiger partial charge in [0.1, 0.15) is 6.61 Å². The lowest BCUT2D eigenvalue weighted by atomic mass is 9.92. The number of hydrogen-bond acceptors (Lipinski definition) is 4. The Morgan fingerprint density at radius 2 is 1.93 bits per heavy atom. The molecule has 1 aromatic carbocycles. The minimum Gasteiger partial charge on any atom is -0.367 e. The number of carbonyl (C=O) groups excluding carboxylic acids is 2. The molecule has 3 aliphatic heterocycles. The molecule has 1 aromatic heterocycles. The highest BCUT2D eigenvalue weighted by Gasteiger charge is 2.51. The zero-order chi connectivity index (χ0) is 20.0. The molecule has 3 fully saturated rings. The smallest absolute Gasteiger partial charge is 0.256 e. The van der Waals surface area contributed by atoms with E-state index in [1.807, 2.05) is 63.6 Å². The average Bonchev–Trinajstić information content (AvgIpc) is 3.44. The summed E-state index contributed by atoms with van der Waals surface area (Å²) in [4.78, 5) is 29.1. The van der Waals surface area contributed by atoms with Crippen molar-refractivity contribution in [3.8, 4) is 0 Å². The Balaban J connectivity index is 1.16. The van der Waals surface area contributed by atoms with Crippen LogP contribution >= 0.6 is 11.8 Å². The number of nitrogens with zero attached hydrogens (tertiary/aromatic N) is 3. The van der Waals surface area contributed by atoms with Gasteiger partial charge >= 0.3 is 0 Å². The van der Waals surface area contributed by atoms with E-state index >= 15 is 0 Å². The van der Waals surface area contributed by atoms with Crippen LogP contribution in [0.2, 0.25) is 0 Å². The first kappa shape index (κ1) is 19.0. The molecule has 3 saturated heterocycles. The van der Waals surface area contributed by atoms with Gasteiger partial charge in [-0.3, -0.25) is 9.59 Å². The molecule has 2 aromatic rings. The number of rotatable bonds is 4. The van der Waals surface area contributed by atoms with Crippen LogP contribution in [0.1, 0.15) is 29.6 Å². The topological polar surface area (TPSA) is 54.8 Å². The molecule has 1 spiro atoms. The molecule has 0 bridgehead atoms. The SMILES string of the molecule is Cn1cc(C(=O)N2CC3(C[C@H](OCC(=O)N4CCCC4)CS3)C2)c2ccccc21. The number of para-hydroxylation sites is 1. The lowest BCUT2D eigenvalue weighted by Gasteiger charge is -2.47. The summed E-state index contributed by atoms with van der Waals surface area (Å²) in [6.45, 7) is 3.47. The Bertz CT molecular complexity index is 944.